The van der Waals surface area contributed by atoms with Crippen LogP contribution in [0.25, 0.3) is 22.2 Å². The van der Waals surface area contributed by atoms with Crippen LogP contribution in [0.4, 0.5) is 4.39 Å². The zero-order valence-electron chi connectivity index (χ0n) is 17.7. The number of aromatic nitrogens is 1. The Morgan fingerprint density at radius 3 is 2.67 bits per heavy atom. The molecule has 2 aromatic heterocycles. The van der Waals surface area contributed by atoms with Crippen molar-refractivity contribution in [1.29, 1.82) is 0 Å². The minimum absolute atomic E-state index is 0.248. The maximum atomic E-state index is 13.1. The molecule has 0 N–H and O–H groups in total. The van der Waals surface area contributed by atoms with E-state index in [2.05, 4.69) is 30.7 Å². The molecule has 0 atom stereocenters. The first-order valence-corrected chi connectivity index (χ1v) is 12.5. The molecule has 0 unspecified atom stereocenters. The van der Waals surface area contributed by atoms with Gasteiger partial charge in [0, 0.05) is 21.3 Å². The van der Waals surface area contributed by atoms with Crippen molar-refractivity contribution in [1.82, 2.24) is 4.57 Å². The monoisotopic (exact) mass is 525 g/mol. The molecule has 4 aromatic rings. The second-order valence-corrected chi connectivity index (χ2v) is 9.84. The predicted octanol–water partition coefficient (Wildman–Crippen LogP) is 6.66. The van der Waals surface area contributed by atoms with Crippen LogP contribution in [0.15, 0.2) is 77.8 Å². The summed E-state index contributed by atoms with van der Waals surface area (Å²) in [6.07, 6.45) is 7.17. The number of halogens is 2. The predicted molar refractivity (Wildman–Crippen MR) is 133 cm³/mol. The zero-order valence-corrected chi connectivity index (χ0v) is 20.1. The van der Waals surface area contributed by atoms with E-state index < -0.39 is 0 Å². The van der Waals surface area contributed by atoms with Gasteiger partial charge in [0.15, 0.2) is 0 Å². The smallest absolute Gasteiger partial charge is 0.345 e. The van der Waals surface area contributed by atoms with Gasteiger partial charge in [-0.25, -0.2) is 9.18 Å². The van der Waals surface area contributed by atoms with E-state index in [0.29, 0.717) is 11.1 Å². The lowest BCUT2D eigenvalue weighted by Crippen LogP contribution is -2.24. The normalized spacial score (nSPS) is 15.6. The Balaban J connectivity index is 1.61. The number of fused-ring (bicyclic) bond motifs is 1. The summed E-state index contributed by atoms with van der Waals surface area (Å²) < 4.78 is 21.8. The quantitative estimate of drug-likeness (QED) is 0.170. The maximum absolute atomic E-state index is 13.1. The molecular weight excluding hydrogens is 505 g/mol. The van der Waals surface area contributed by atoms with Crippen LogP contribution in [0.3, 0.4) is 0 Å². The van der Waals surface area contributed by atoms with Crippen molar-refractivity contribution in [3.63, 3.8) is 0 Å². The Kier molecular flexibility index (Phi) is 6.37. The highest BCUT2D eigenvalue weighted by Crippen LogP contribution is 2.32. The minimum atomic E-state index is -0.367. The Hall–Kier alpha value is -2.84. The molecule has 1 aliphatic carbocycles. The molecule has 33 heavy (non-hydrogen) atoms. The van der Waals surface area contributed by atoms with Crippen LogP contribution in [-0.2, 0) is 0 Å². The average Bonchev–Trinajstić information content (AvgIpc) is 3.24. The number of rotatable bonds is 4. The third-order valence-corrected chi connectivity index (χ3v) is 7.20. The van der Waals surface area contributed by atoms with Crippen molar-refractivity contribution in [2.75, 3.05) is 0 Å². The number of hydrogen-bond acceptors (Lipinski definition) is 5. The van der Waals surface area contributed by atoms with Crippen LogP contribution in [0.2, 0.25) is 0 Å². The second-order valence-electron chi connectivity index (χ2n) is 8.09. The zero-order chi connectivity index (χ0) is 22.8. The molecule has 2 aromatic carbocycles. The minimum Gasteiger partial charge on any atom is -0.422 e. The standard InChI is InChI=1S/C25H21BrFN3O2S/c26-18-8-11-23-17(12-18)13-21(24(31)32-23)22-15-33-25(30(22)20-4-2-1-3-5-20)29-28-14-16-6-9-19(27)10-7-16/h6-15,20H,1-5H2/b28-14+,29-25+. The lowest BCUT2D eigenvalue weighted by molar-refractivity contribution is 0.350. The van der Waals surface area contributed by atoms with Gasteiger partial charge in [-0.2, -0.15) is 5.10 Å². The number of benzene rings is 2. The topological polar surface area (TPSA) is 59.9 Å². The molecule has 0 bridgehead atoms. The van der Waals surface area contributed by atoms with E-state index in [9.17, 15) is 9.18 Å². The summed E-state index contributed by atoms with van der Waals surface area (Å²) >= 11 is 4.94. The van der Waals surface area contributed by atoms with Gasteiger partial charge < -0.3 is 8.98 Å². The molecular formula is C25H21BrFN3O2S. The van der Waals surface area contributed by atoms with Gasteiger partial charge in [-0.05, 0) is 54.8 Å². The summed E-state index contributed by atoms with van der Waals surface area (Å²) in [6.45, 7) is 0. The van der Waals surface area contributed by atoms with Crippen molar-refractivity contribution in [3.05, 3.63) is 85.0 Å². The van der Waals surface area contributed by atoms with Gasteiger partial charge in [0.2, 0.25) is 4.80 Å². The fraction of sp³-hybridized carbons (Fsp3) is 0.240. The highest BCUT2D eigenvalue weighted by molar-refractivity contribution is 9.10. The molecule has 8 heteroatoms. The molecule has 5 nitrogen and oxygen atoms in total. The van der Waals surface area contributed by atoms with E-state index in [1.54, 1.807) is 24.4 Å². The van der Waals surface area contributed by atoms with Gasteiger partial charge in [-0.1, -0.05) is 47.3 Å². The maximum Gasteiger partial charge on any atom is 0.345 e. The van der Waals surface area contributed by atoms with Gasteiger partial charge >= 0.3 is 5.63 Å². The molecule has 1 saturated carbocycles. The van der Waals surface area contributed by atoms with Crippen LogP contribution in [0.5, 0.6) is 0 Å². The first kappa shape index (κ1) is 22.0. The summed E-state index contributed by atoms with van der Waals surface area (Å²) in [7, 11) is 0. The van der Waals surface area contributed by atoms with Gasteiger partial charge in [0.1, 0.15) is 11.4 Å². The lowest BCUT2D eigenvalue weighted by atomic mass is 9.95. The molecule has 1 fully saturated rings. The van der Waals surface area contributed by atoms with Crippen LogP contribution in [0.1, 0.15) is 43.7 Å². The van der Waals surface area contributed by atoms with Crippen molar-refractivity contribution in [3.8, 4) is 11.3 Å². The van der Waals surface area contributed by atoms with Gasteiger partial charge in [0.05, 0.1) is 17.5 Å². The second kappa shape index (κ2) is 9.57. The molecule has 0 amide bonds. The Morgan fingerprint density at radius 2 is 1.88 bits per heavy atom. The molecule has 5 rings (SSSR count). The van der Waals surface area contributed by atoms with Crippen molar-refractivity contribution >= 4 is 44.5 Å². The molecule has 1 aliphatic rings. The van der Waals surface area contributed by atoms with Gasteiger partial charge in [0.25, 0.3) is 0 Å². The SMILES string of the molecule is O=c1oc2ccc(Br)cc2cc1-c1cs/c(=N/N=C/c2ccc(F)cc2)n1C1CCCCC1. The number of nitrogens with zero attached hydrogens (tertiary/aromatic N) is 3. The van der Waals surface area contributed by atoms with Crippen LogP contribution in [0, 0.1) is 5.82 Å². The summed E-state index contributed by atoms with van der Waals surface area (Å²) in [5.74, 6) is -0.289. The van der Waals surface area contributed by atoms with Crippen molar-refractivity contribution in [2.45, 2.75) is 38.1 Å². The van der Waals surface area contributed by atoms with Crippen LogP contribution >= 0.6 is 27.3 Å². The Bertz CT molecular complexity index is 1450. The molecule has 2 heterocycles. The van der Waals surface area contributed by atoms with E-state index >= 15 is 0 Å². The Morgan fingerprint density at radius 1 is 1.09 bits per heavy atom. The summed E-state index contributed by atoms with van der Waals surface area (Å²) in [5, 5.41) is 11.5. The fourth-order valence-electron chi connectivity index (χ4n) is 4.25. The Labute approximate surface area is 202 Å². The molecule has 0 aliphatic heterocycles. The van der Waals surface area contributed by atoms with Gasteiger partial charge in [-0.3, -0.25) is 0 Å². The highest BCUT2D eigenvalue weighted by Gasteiger charge is 2.22. The first-order valence-electron chi connectivity index (χ1n) is 10.8. The highest BCUT2D eigenvalue weighted by atomic mass is 79.9. The van der Waals surface area contributed by atoms with Crippen molar-refractivity contribution in [2.24, 2.45) is 10.2 Å². The summed E-state index contributed by atoms with van der Waals surface area (Å²) in [4.78, 5) is 13.6. The third kappa shape index (κ3) is 4.77. The van der Waals surface area contributed by atoms with E-state index in [0.717, 1.165) is 51.6 Å². The summed E-state index contributed by atoms with van der Waals surface area (Å²) in [5.41, 5.74) is 2.28. The van der Waals surface area contributed by atoms with Crippen LogP contribution in [-0.4, -0.2) is 10.8 Å². The van der Waals surface area contributed by atoms with E-state index in [4.69, 9.17) is 4.42 Å². The molecule has 0 radical (unpaired) electrons. The molecule has 0 saturated heterocycles. The number of thiazole rings is 1. The third-order valence-electron chi connectivity index (χ3n) is 5.87. The lowest BCUT2D eigenvalue weighted by Gasteiger charge is -2.24. The number of hydrogen-bond donors (Lipinski definition) is 0. The average molecular weight is 526 g/mol. The van der Waals surface area contributed by atoms with E-state index in [1.807, 2.05) is 23.6 Å². The molecule has 168 valence electrons. The van der Waals surface area contributed by atoms with Gasteiger partial charge in [-0.15, -0.1) is 16.4 Å². The van der Waals surface area contributed by atoms with Crippen LogP contribution < -0.4 is 10.4 Å². The van der Waals surface area contributed by atoms with Crippen molar-refractivity contribution < 1.29 is 8.81 Å². The fourth-order valence-corrected chi connectivity index (χ4v) is 5.54. The first-order chi connectivity index (χ1) is 16.1. The van der Waals surface area contributed by atoms with E-state index in [1.165, 1.54) is 29.9 Å². The largest absolute Gasteiger partial charge is 0.422 e. The van der Waals surface area contributed by atoms with E-state index in [-0.39, 0.29) is 17.5 Å². The molecule has 0 spiro atoms. The summed E-state index contributed by atoms with van der Waals surface area (Å²) in [6, 6.07) is 13.8.